The zero-order valence-corrected chi connectivity index (χ0v) is 21.4. The Balaban J connectivity index is 1.17. The number of hydrogen-bond donors (Lipinski definition) is 0. The number of carbonyl (C=O) groups excluding carboxylic acids is 1. The molecule has 2 saturated heterocycles. The highest BCUT2D eigenvalue weighted by molar-refractivity contribution is 5.96. The van der Waals surface area contributed by atoms with Gasteiger partial charge in [-0.1, -0.05) is 36.4 Å². The van der Waals surface area contributed by atoms with Crippen LogP contribution in [0.15, 0.2) is 71.5 Å². The molecule has 2 fully saturated rings. The van der Waals surface area contributed by atoms with Crippen molar-refractivity contribution in [3.63, 3.8) is 0 Å². The molecule has 1 aromatic heterocycles. The van der Waals surface area contributed by atoms with Crippen LogP contribution < -0.4 is 10.5 Å². The number of nitrogens with zero attached hydrogens (tertiary/aromatic N) is 4. The Bertz CT molecular complexity index is 1410. The lowest BCUT2D eigenvalue weighted by Crippen LogP contribution is -2.47. The van der Waals surface area contributed by atoms with Gasteiger partial charge in [-0.3, -0.25) is 19.7 Å². The molecule has 0 spiro atoms. The van der Waals surface area contributed by atoms with Crippen molar-refractivity contribution in [1.82, 2.24) is 9.47 Å². The lowest BCUT2D eigenvalue weighted by Gasteiger charge is -2.43. The van der Waals surface area contributed by atoms with Crippen LogP contribution in [0.4, 0.5) is 11.4 Å². The van der Waals surface area contributed by atoms with Gasteiger partial charge in [0.2, 0.25) is 0 Å². The average Bonchev–Trinajstić information content (AvgIpc) is 2.94. The van der Waals surface area contributed by atoms with E-state index in [1.807, 2.05) is 21.6 Å². The first-order valence-electron chi connectivity index (χ1n) is 13.5. The van der Waals surface area contributed by atoms with Gasteiger partial charge in [-0.05, 0) is 61.3 Å². The maximum absolute atomic E-state index is 13.3. The number of benzene rings is 2. The predicted molar refractivity (Wildman–Crippen MR) is 146 cm³/mol. The second-order valence-electron chi connectivity index (χ2n) is 11.0. The lowest BCUT2D eigenvalue weighted by molar-refractivity contribution is -0.384. The lowest BCUT2D eigenvalue weighted by atomic mass is 9.83. The summed E-state index contributed by atoms with van der Waals surface area (Å²) in [6.07, 6.45) is 3.86. The van der Waals surface area contributed by atoms with Gasteiger partial charge < -0.3 is 14.4 Å². The zero-order chi connectivity index (χ0) is 26.2. The third kappa shape index (κ3) is 4.71. The first-order chi connectivity index (χ1) is 18.5. The van der Waals surface area contributed by atoms with Crippen LogP contribution in [0, 0.1) is 22.0 Å². The first-order valence-corrected chi connectivity index (χ1v) is 13.5. The minimum absolute atomic E-state index is 0.0172. The van der Waals surface area contributed by atoms with Gasteiger partial charge in [-0.25, -0.2) is 0 Å². The first kappa shape index (κ1) is 24.4. The van der Waals surface area contributed by atoms with E-state index >= 15 is 0 Å². The van der Waals surface area contributed by atoms with E-state index < -0.39 is 0 Å². The van der Waals surface area contributed by atoms with Crippen LogP contribution in [0.5, 0.6) is 0 Å². The number of piperidine rings is 2. The Morgan fingerprint density at radius 2 is 1.74 bits per heavy atom. The molecule has 3 aromatic rings. The Labute approximate surface area is 221 Å². The van der Waals surface area contributed by atoms with E-state index in [4.69, 9.17) is 0 Å². The molecular formula is C30H32N4O4. The van der Waals surface area contributed by atoms with Gasteiger partial charge >= 0.3 is 0 Å². The van der Waals surface area contributed by atoms with Crippen LogP contribution in [-0.4, -0.2) is 46.5 Å². The third-order valence-electron chi connectivity index (χ3n) is 8.51. The monoisotopic (exact) mass is 512 g/mol. The molecule has 3 aliphatic rings. The van der Waals surface area contributed by atoms with Crippen LogP contribution in [0.1, 0.15) is 46.8 Å². The highest BCUT2D eigenvalue weighted by Crippen LogP contribution is 2.40. The van der Waals surface area contributed by atoms with Gasteiger partial charge in [0.1, 0.15) is 5.69 Å². The van der Waals surface area contributed by atoms with Crippen molar-refractivity contribution in [2.24, 2.45) is 11.8 Å². The van der Waals surface area contributed by atoms with Crippen LogP contribution in [0.3, 0.4) is 0 Å². The topological polar surface area (TPSA) is 88.7 Å². The average molecular weight is 513 g/mol. The molecule has 3 aliphatic heterocycles. The third-order valence-corrected chi connectivity index (χ3v) is 8.51. The minimum Gasteiger partial charge on any atom is -0.365 e. The molecule has 8 heteroatoms. The molecule has 0 radical (unpaired) electrons. The fourth-order valence-corrected chi connectivity index (χ4v) is 6.63. The Morgan fingerprint density at radius 3 is 2.50 bits per heavy atom. The zero-order valence-electron chi connectivity index (χ0n) is 21.4. The van der Waals surface area contributed by atoms with Crippen LogP contribution in [0.2, 0.25) is 0 Å². The van der Waals surface area contributed by atoms with E-state index in [9.17, 15) is 19.7 Å². The summed E-state index contributed by atoms with van der Waals surface area (Å²) in [5.41, 5.74) is 3.24. The molecule has 1 amide bonds. The standard InChI is InChI=1S/C30H32N4O4/c35-29-8-4-7-26-25-16-23(19-33(26)29)18-32(20-25)27-10-9-24(17-28(27)34(37)38)30(36)31-13-11-22(12-14-31)15-21-5-2-1-3-6-21/h1-10,17,22-23,25H,11-16,18-20H2. The summed E-state index contributed by atoms with van der Waals surface area (Å²) in [7, 11) is 0. The van der Waals surface area contributed by atoms with Gasteiger partial charge in [0, 0.05) is 62.0 Å². The van der Waals surface area contributed by atoms with Crippen LogP contribution in [0.25, 0.3) is 0 Å². The van der Waals surface area contributed by atoms with Crippen molar-refractivity contribution in [2.75, 3.05) is 31.1 Å². The number of pyridine rings is 1. The van der Waals surface area contributed by atoms with E-state index in [0.717, 1.165) is 31.4 Å². The van der Waals surface area contributed by atoms with E-state index in [2.05, 4.69) is 29.2 Å². The Morgan fingerprint density at radius 1 is 0.947 bits per heavy atom. The van der Waals surface area contributed by atoms with E-state index in [0.29, 0.717) is 49.9 Å². The number of amides is 1. The van der Waals surface area contributed by atoms with Gasteiger partial charge in [0.15, 0.2) is 0 Å². The van der Waals surface area contributed by atoms with Gasteiger partial charge in [0.25, 0.3) is 17.2 Å². The quantitative estimate of drug-likeness (QED) is 0.372. The molecule has 38 heavy (non-hydrogen) atoms. The number of anilines is 1. The van der Waals surface area contributed by atoms with Crippen molar-refractivity contribution < 1.29 is 9.72 Å². The summed E-state index contributed by atoms with van der Waals surface area (Å²) in [6, 6.07) is 20.7. The number of fused-ring (bicyclic) bond motifs is 4. The second kappa shape index (κ2) is 10.1. The van der Waals surface area contributed by atoms with Crippen molar-refractivity contribution in [2.45, 2.75) is 38.1 Å². The van der Waals surface area contributed by atoms with E-state index in [1.54, 1.807) is 24.3 Å². The van der Waals surface area contributed by atoms with E-state index in [-0.39, 0.29) is 33.9 Å². The van der Waals surface area contributed by atoms with E-state index in [1.165, 1.54) is 11.6 Å². The maximum atomic E-state index is 13.3. The molecule has 2 bridgehead atoms. The SMILES string of the molecule is O=C(c1ccc(N2CC3CC(C2)c2cccc(=O)n2C3)c([N+](=O)[O-])c1)N1CCC(Cc2ccccc2)CC1. The maximum Gasteiger partial charge on any atom is 0.293 e. The largest absolute Gasteiger partial charge is 0.365 e. The highest BCUT2D eigenvalue weighted by Gasteiger charge is 2.37. The number of nitro groups is 1. The van der Waals surface area contributed by atoms with Gasteiger partial charge in [-0.15, -0.1) is 0 Å². The number of aromatic nitrogens is 1. The Kier molecular flexibility index (Phi) is 6.47. The summed E-state index contributed by atoms with van der Waals surface area (Å²) in [5, 5.41) is 12.1. The molecule has 8 nitrogen and oxygen atoms in total. The highest BCUT2D eigenvalue weighted by atomic mass is 16.6. The molecule has 0 N–H and O–H groups in total. The molecular weight excluding hydrogens is 480 g/mol. The fourth-order valence-electron chi connectivity index (χ4n) is 6.63. The minimum atomic E-state index is -0.374. The van der Waals surface area contributed by atoms with Crippen LogP contribution >= 0.6 is 0 Å². The van der Waals surface area contributed by atoms with Crippen molar-refractivity contribution in [3.8, 4) is 0 Å². The summed E-state index contributed by atoms with van der Waals surface area (Å²) >= 11 is 0. The molecule has 2 unspecified atom stereocenters. The summed E-state index contributed by atoms with van der Waals surface area (Å²) in [5.74, 6) is 0.799. The number of hydrogen-bond acceptors (Lipinski definition) is 5. The Hall–Kier alpha value is -3.94. The summed E-state index contributed by atoms with van der Waals surface area (Å²) in [6.45, 7) is 3.23. The molecule has 2 atom stereocenters. The smallest absolute Gasteiger partial charge is 0.293 e. The number of likely N-dealkylation sites (tertiary alicyclic amines) is 1. The predicted octanol–water partition coefficient (Wildman–Crippen LogP) is 4.48. The summed E-state index contributed by atoms with van der Waals surface area (Å²) < 4.78 is 1.86. The van der Waals surface area contributed by atoms with Gasteiger partial charge in [-0.2, -0.15) is 0 Å². The second-order valence-corrected chi connectivity index (χ2v) is 11.0. The molecule has 4 heterocycles. The van der Waals surface area contributed by atoms with Crippen molar-refractivity contribution >= 4 is 17.3 Å². The number of rotatable bonds is 5. The molecule has 2 aromatic carbocycles. The van der Waals surface area contributed by atoms with Crippen LogP contribution in [-0.2, 0) is 13.0 Å². The molecule has 0 saturated carbocycles. The van der Waals surface area contributed by atoms with Crippen molar-refractivity contribution in [1.29, 1.82) is 0 Å². The number of carbonyl (C=O) groups is 1. The molecule has 196 valence electrons. The number of nitro benzene ring substituents is 1. The molecule has 0 aliphatic carbocycles. The fraction of sp³-hybridized carbons (Fsp3) is 0.400. The van der Waals surface area contributed by atoms with Crippen molar-refractivity contribution in [3.05, 3.63) is 104 Å². The normalized spacial score (nSPS) is 21.2. The summed E-state index contributed by atoms with van der Waals surface area (Å²) in [4.78, 5) is 41.3. The van der Waals surface area contributed by atoms with Gasteiger partial charge in [0.05, 0.1) is 4.92 Å². The molecule has 6 rings (SSSR count).